The molecule has 0 unspecified atom stereocenters. The largest absolute Gasteiger partial charge is 0.440 e. The van der Waals surface area contributed by atoms with Crippen LogP contribution in [0, 0.1) is 17.1 Å². The van der Waals surface area contributed by atoms with E-state index in [0.717, 1.165) is 6.07 Å². The van der Waals surface area contributed by atoms with Crippen LogP contribution in [0.15, 0.2) is 34.7 Å². The monoisotopic (exact) mass is 264 g/mol. The number of nitriles is 1. The third-order valence-corrected chi connectivity index (χ3v) is 2.34. The van der Waals surface area contributed by atoms with Gasteiger partial charge in [-0.3, -0.25) is 4.79 Å². The van der Waals surface area contributed by atoms with Gasteiger partial charge in [-0.15, -0.1) is 0 Å². The number of carbonyl (C=O) groups excluding carboxylic acids is 1. The van der Waals surface area contributed by atoms with E-state index < -0.39 is 11.7 Å². The minimum atomic E-state index is -0.642. The Hall–Kier alpha value is -2.32. The van der Waals surface area contributed by atoms with Gasteiger partial charge in [-0.2, -0.15) is 5.26 Å². The zero-order valence-corrected chi connectivity index (χ0v) is 9.66. The van der Waals surface area contributed by atoms with Crippen molar-refractivity contribution in [3.63, 3.8) is 0 Å². The maximum absolute atomic E-state index is 13.1. The van der Waals surface area contributed by atoms with Gasteiger partial charge >= 0.3 is 0 Å². The third kappa shape index (κ3) is 2.50. The SMILES string of the molecule is N#Cc1cc(NC(=O)c2ccc(Cl)o2)ccc1F. The summed E-state index contributed by atoms with van der Waals surface area (Å²) < 4.78 is 18.0. The standard InChI is InChI=1S/C12H6ClFN2O2/c13-11-4-3-10(18-11)12(17)16-8-1-2-9(14)7(5-8)6-15/h1-5H,(H,16,17). The zero-order chi connectivity index (χ0) is 13.1. The molecule has 18 heavy (non-hydrogen) atoms. The van der Waals surface area contributed by atoms with E-state index >= 15 is 0 Å². The minimum Gasteiger partial charge on any atom is -0.440 e. The van der Waals surface area contributed by atoms with Gasteiger partial charge in [0.2, 0.25) is 0 Å². The van der Waals surface area contributed by atoms with Crippen LogP contribution < -0.4 is 5.32 Å². The molecule has 1 heterocycles. The van der Waals surface area contributed by atoms with E-state index in [9.17, 15) is 9.18 Å². The van der Waals surface area contributed by atoms with Gasteiger partial charge in [0.1, 0.15) is 11.9 Å². The number of rotatable bonds is 2. The number of carbonyl (C=O) groups is 1. The number of hydrogen-bond donors (Lipinski definition) is 1. The van der Waals surface area contributed by atoms with Gasteiger partial charge < -0.3 is 9.73 Å². The van der Waals surface area contributed by atoms with Crippen molar-refractivity contribution in [2.24, 2.45) is 0 Å². The molecule has 0 saturated heterocycles. The second-order valence-corrected chi connectivity index (χ2v) is 3.74. The molecule has 1 aromatic carbocycles. The van der Waals surface area contributed by atoms with Crippen LogP contribution >= 0.6 is 11.6 Å². The first kappa shape index (κ1) is 12.1. The number of amides is 1. The predicted octanol–water partition coefficient (Wildman–Crippen LogP) is 3.20. The van der Waals surface area contributed by atoms with Crippen LogP contribution in [-0.2, 0) is 0 Å². The summed E-state index contributed by atoms with van der Waals surface area (Å²) in [5.41, 5.74) is 0.149. The van der Waals surface area contributed by atoms with Crippen LogP contribution in [0.2, 0.25) is 5.22 Å². The second-order valence-electron chi connectivity index (χ2n) is 3.36. The van der Waals surface area contributed by atoms with Crippen LogP contribution in [-0.4, -0.2) is 5.91 Å². The van der Waals surface area contributed by atoms with E-state index in [1.807, 2.05) is 0 Å². The molecule has 0 fully saturated rings. The first-order valence-electron chi connectivity index (χ1n) is 4.86. The molecule has 2 rings (SSSR count). The number of benzene rings is 1. The van der Waals surface area contributed by atoms with Crippen molar-refractivity contribution in [1.82, 2.24) is 0 Å². The molecule has 0 aliphatic rings. The average Bonchev–Trinajstić information content (AvgIpc) is 2.78. The van der Waals surface area contributed by atoms with Crippen molar-refractivity contribution in [1.29, 1.82) is 5.26 Å². The van der Waals surface area contributed by atoms with Crippen molar-refractivity contribution in [3.8, 4) is 6.07 Å². The Bertz CT molecular complexity index is 646. The van der Waals surface area contributed by atoms with Crippen LogP contribution in [0.3, 0.4) is 0 Å². The van der Waals surface area contributed by atoms with E-state index in [2.05, 4.69) is 5.32 Å². The molecule has 0 radical (unpaired) electrons. The highest BCUT2D eigenvalue weighted by Crippen LogP contribution is 2.17. The second kappa shape index (κ2) is 4.90. The van der Waals surface area contributed by atoms with Crippen LogP contribution in [0.25, 0.3) is 0 Å². The number of nitrogens with one attached hydrogen (secondary N) is 1. The minimum absolute atomic E-state index is 0.0304. The van der Waals surface area contributed by atoms with Gasteiger partial charge in [0, 0.05) is 5.69 Å². The van der Waals surface area contributed by atoms with E-state index in [4.69, 9.17) is 21.3 Å². The Balaban J connectivity index is 2.20. The topological polar surface area (TPSA) is 66.0 Å². The lowest BCUT2D eigenvalue weighted by Crippen LogP contribution is -2.11. The molecule has 90 valence electrons. The van der Waals surface area contributed by atoms with Gasteiger partial charge in [-0.1, -0.05) is 0 Å². The molecule has 4 nitrogen and oxygen atoms in total. The van der Waals surface area contributed by atoms with Crippen molar-refractivity contribution in [3.05, 3.63) is 52.7 Å². The number of hydrogen-bond acceptors (Lipinski definition) is 3. The summed E-state index contributed by atoms with van der Waals surface area (Å²) >= 11 is 5.54. The Morgan fingerprint density at radius 1 is 1.39 bits per heavy atom. The number of nitrogens with zero attached hydrogens (tertiary/aromatic N) is 1. The van der Waals surface area contributed by atoms with Crippen molar-refractivity contribution in [2.45, 2.75) is 0 Å². The van der Waals surface area contributed by atoms with Crippen molar-refractivity contribution < 1.29 is 13.6 Å². The molecule has 1 amide bonds. The average molecular weight is 265 g/mol. The molecule has 0 aliphatic heterocycles. The summed E-state index contributed by atoms with van der Waals surface area (Å²) in [5.74, 6) is -1.14. The highest BCUT2D eigenvalue weighted by Gasteiger charge is 2.11. The first-order valence-corrected chi connectivity index (χ1v) is 5.24. The molecular formula is C12H6ClFN2O2. The molecule has 0 spiro atoms. The Kier molecular flexibility index (Phi) is 3.31. The highest BCUT2D eigenvalue weighted by molar-refractivity contribution is 6.29. The van der Waals surface area contributed by atoms with E-state index in [1.165, 1.54) is 24.3 Å². The van der Waals surface area contributed by atoms with Crippen molar-refractivity contribution >= 4 is 23.2 Å². The summed E-state index contributed by atoms with van der Waals surface area (Å²) in [6, 6.07) is 8.20. The quantitative estimate of drug-likeness (QED) is 0.906. The van der Waals surface area contributed by atoms with Gasteiger partial charge in [0.05, 0.1) is 5.56 Å². The number of furan rings is 1. The molecule has 6 heteroatoms. The third-order valence-electron chi connectivity index (χ3n) is 2.14. The summed E-state index contributed by atoms with van der Waals surface area (Å²) in [6.07, 6.45) is 0. The lowest BCUT2D eigenvalue weighted by Gasteiger charge is -2.03. The zero-order valence-electron chi connectivity index (χ0n) is 8.91. The fourth-order valence-electron chi connectivity index (χ4n) is 1.32. The van der Waals surface area contributed by atoms with Crippen LogP contribution in [0.4, 0.5) is 10.1 Å². The number of anilines is 1. The summed E-state index contributed by atoms with van der Waals surface area (Å²) in [7, 11) is 0. The van der Waals surface area contributed by atoms with Gasteiger partial charge in [-0.25, -0.2) is 4.39 Å². The van der Waals surface area contributed by atoms with Crippen molar-refractivity contribution in [2.75, 3.05) is 5.32 Å². The normalized spacial score (nSPS) is 9.83. The molecule has 0 bridgehead atoms. The summed E-state index contributed by atoms with van der Waals surface area (Å²) in [5, 5.41) is 11.2. The lowest BCUT2D eigenvalue weighted by molar-refractivity contribution is 0.0997. The Morgan fingerprint density at radius 3 is 2.78 bits per heavy atom. The molecule has 1 N–H and O–H groups in total. The molecule has 1 aromatic heterocycles. The smallest absolute Gasteiger partial charge is 0.291 e. The van der Waals surface area contributed by atoms with Crippen LogP contribution in [0.1, 0.15) is 16.1 Å². The van der Waals surface area contributed by atoms with Gasteiger partial charge in [0.15, 0.2) is 11.0 Å². The van der Waals surface area contributed by atoms with Gasteiger partial charge in [-0.05, 0) is 41.9 Å². The maximum Gasteiger partial charge on any atom is 0.291 e. The molecule has 0 atom stereocenters. The van der Waals surface area contributed by atoms with E-state index in [0.29, 0.717) is 5.69 Å². The Morgan fingerprint density at radius 2 is 2.17 bits per heavy atom. The summed E-state index contributed by atoms with van der Waals surface area (Å²) in [6.45, 7) is 0. The first-order chi connectivity index (χ1) is 8.60. The van der Waals surface area contributed by atoms with Crippen LogP contribution in [0.5, 0.6) is 0 Å². The van der Waals surface area contributed by atoms with E-state index in [1.54, 1.807) is 6.07 Å². The predicted molar refractivity (Wildman–Crippen MR) is 62.8 cm³/mol. The molecular weight excluding hydrogens is 259 g/mol. The van der Waals surface area contributed by atoms with Gasteiger partial charge in [0.25, 0.3) is 5.91 Å². The summed E-state index contributed by atoms with van der Waals surface area (Å²) in [4.78, 5) is 11.7. The maximum atomic E-state index is 13.1. The lowest BCUT2D eigenvalue weighted by atomic mass is 10.2. The molecule has 2 aromatic rings. The Labute approximate surface area is 107 Å². The molecule has 0 aliphatic carbocycles. The fourth-order valence-corrected chi connectivity index (χ4v) is 1.46. The van der Waals surface area contributed by atoms with E-state index in [-0.39, 0.29) is 16.5 Å². The fraction of sp³-hybridized carbons (Fsp3) is 0. The molecule has 0 saturated carbocycles. The highest BCUT2D eigenvalue weighted by atomic mass is 35.5. The number of halogens is 2.